The summed E-state index contributed by atoms with van der Waals surface area (Å²) in [5.74, 6) is 0. The summed E-state index contributed by atoms with van der Waals surface area (Å²) >= 11 is 0. The topological polar surface area (TPSA) is 26.0 Å². The molecule has 3 heteroatoms. The molecule has 3 rings (SSSR count). The van der Waals surface area contributed by atoms with Gasteiger partial charge in [-0.25, -0.2) is 0 Å². The molecule has 2 N–H and O–H groups in total. The zero-order valence-corrected chi connectivity index (χ0v) is 15.5. The lowest BCUT2D eigenvalue weighted by atomic mass is 9.77. The monoisotopic (exact) mass is 359 g/mol. The Labute approximate surface area is 156 Å². The van der Waals surface area contributed by atoms with Crippen molar-refractivity contribution in [3.63, 3.8) is 0 Å². The summed E-state index contributed by atoms with van der Waals surface area (Å²) in [5.41, 5.74) is 12.1. The van der Waals surface area contributed by atoms with Crippen molar-refractivity contribution >= 4 is 24.8 Å². The van der Waals surface area contributed by atoms with Gasteiger partial charge in [-0.1, -0.05) is 90.0 Å². The molecule has 0 aliphatic rings. The molecule has 3 aromatic rings. The van der Waals surface area contributed by atoms with E-state index < -0.39 is 5.54 Å². The van der Waals surface area contributed by atoms with Gasteiger partial charge in [-0.05, 0) is 30.5 Å². The minimum Gasteiger partial charge on any atom is -0.314 e. The summed E-state index contributed by atoms with van der Waals surface area (Å²) in [5, 5.41) is 0. The van der Waals surface area contributed by atoms with Crippen LogP contribution >= 0.6 is 24.8 Å². The zero-order valence-electron chi connectivity index (χ0n) is 13.9. The first-order chi connectivity index (χ1) is 10.6. The Kier molecular flexibility index (Phi) is 7.04. The van der Waals surface area contributed by atoms with E-state index in [4.69, 9.17) is 5.73 Å². The number of nitrogens with two attached hydrogens (primary N) is 1. The third-order valence-corrected chi connectivity index (χ3v) is 4.18. The Morgan fingerprint density at radius 2 is 1.00 bits per heavy atom. The molecule has 0 aromatic heterocycles. The van der Waals surface area contributed by atoms with Crippen molar-refractivity contribution < 1.29 is 0 Å². The Bertz CT molecular complexity index is 739. The number of hydrogen-bond donors (Lipinski definition) is 1. The van der Waals surface area contributed by atoms with E-state index in [2.05, 4.69) is 74.5 Å². The highest BCUT2D eigenvalue weighted by molar-refractivity contribution is 5.85. The average molecular weight is 360 g/mol. The number of halogens is 2. The van der Waals surface area contributed by atoms with Crippen LogP contribution in [0.3, 0.4) is 0 Å². The minimum absolute atomic E-state index is 0. The van der Waals surface area contributed by atoms with Crippen LogP contribution in [-0.2, 0) is 5.54 Å². The van der Waals surface area contributed by atoms with Gasteiger partial charge in [0, 0.05) is 0 Å². The van der Waals surface area contributed by atoms with Gasteiger partial charge in [-0.3, -0.25) is 0 Å². The maximum atomic E-state index is 7.00. The Morgan fingerprint density at radius 3 is 1.42 bits per heavy atom. The second-order valence-corrected chi connectivity index (χ2v) is 5.91. The second kappa shape index (κ2) is 8.34. The standard InChI is InChI=1S/C21H21N.2ClH/c1-16-8-6-12-19(14-16)21(22,18-10-4-3-5-11-18)20-13-7-9-17(2)15-20;;/h3-15H,22H2,1-2H3;2*1H. The second-order valence-electron chi connectivity index (χ2n) is 5.91. The fourth-order valence-corrected chi connectivity index (χ4v) is 2.98. The molecule has 0 spiro atoms. The van der Waals surface area contributed by atoms with Gasteiger partial charge in [0.15, 0.2) is 0 Å². The van der Waals surface area contributed by atoms with Gasteiger partial charge in [0.25, 0.3) is 0 Å². The third-order valence-electron chi connectivity index (χ3n) is 4.18. The van der Waals surface area contributed by atoms with Gasteiger partial charge in [0.2, 0.25) is 0 Å². The summed E-state index contributed by atoms with van der Waals surface area (Å²) in [6.07, 6.45) is 0. The van der Waals surface area contributed by atoms with Crippen molar-refractivity contribution in [3.8, 4) is 0 Å². The minimum atomic E-state index is -0.640. The summed E-state index contributed by atoms with van der Waals surface area (Å²) in [6.45, 7) is 4.20. The van der Waals surface area contributed by atoms with E-state index in [1.807, 2.05) is 18.2 Å². The quantitative estimate of drug-likeness (QED) is 0.622. The van der Waals surface area contributed by atoms with Crippen molar-refractivity contribution in [1.82, 2.24) is 0 Å². The van der Waals surface area contributed by atoms with E-state index in [9.17, 15) is 0 Å². The van der Waals surface area contributed by atoms with Crippen LogP contribution in [0.5, 0.6) is 0 Å². The van der Waals surface area contributed by atoms with E-state index in [0.29, 0.717) is 0 Å². The Hall–Kier alpha value is -1.80. The van der Waals surface area contributed by atoms with Crippen molar-refractivity contribution in [2.75, 3.05) is 0 Å². The van der Waals surface area contributed by atoms with Crippen molar-refractivity contribution in [1.29, 1.82) is 0 Å². The number of aryl methyl sites for hydroxylation is 2. The first kappa shape index (κ1) is 20.2. The molecular weight excluding hydrogens is 337 g/mol. The Morgan fingerprint density at radius 1 is 0.583 bits per heavy atom. The molecule has 3 aromatic carbocycles. The SMILES string of the molecule is Cc1cccc(C(N)(c2ccccc2)c2cccc(C)c2)c1.Cl.Cl. The van der Waals surface area contributed by atoms with Crippen molar-refractivity contribution in [2.45, 2.75) is 19.4 Å². The van der Waals surface area contributed by atoms with Crippen LogP contribution in [-0.4, -0.2) is 0 Å². The molecule has 0 bridgehead atoms. The van der Waals surface area contributed by atoms with Crippen LogP contribution in [0.1, 0.15) is 27.8 Å². The van der Waals surface area contributed by atoms with E-state index in [1.54, 1.807) is 0 Å². The van der Waals surface area contributed by atoms with E-state index in [1.165, 1.54) is 11.1 Å². The summed E-state index contributed by atoms with van der Waals surface area (Å²) in [6, 6.07) is 27.2. The summed E-state index contributed by atoms with van der Waals surface area (Å²) in [7, 11) is 0. The lowest BCUT2D eigenvalue weighted by Crippen LogP contribution is -2.39. The number of rotatable bonds is 3. The maximum Gasteiger partial charge on any atom is 0.0923 e. The number of hydrogen-bond acceptors (Lipinski definition) is 1. The molecule has 0 fully saturated rings. The normalized spacial score (nSPS) is 10.5. The molecule has 0 aliphatic carbocycles. The molecule has 0 atom stereocenters. The third kappa shape index (κ3) is 3.81. The highest BCUT2D eigenvalue weighted by Gasteiger charge is 2.31. The van der Waals surface area contributed by atoms with Gasteiger partial charge < -0.3 is 5.73 Å². The molecule has 0 aliphatic heterocycles. The predicted molar refractivity (Wildman–Crippen MR) is 107 cm³/mol. The van der Waals surface area contributed by atoms with Crippen LogP contribution in [0.2, 0.25) is 0 Å². The molecule has 0 heterocycles. The van der Waals surface area contributed by atoms with Crippen LogP contribution in [0.25, 0.3) is 0 Å². The van der Waals surface area contributed by atoms with E-state index in [-0.39, 0.29) is 24.8 Å². The molecule has 126 valence electrons. The first-order valence-electron chi connectivity index (χ1n) is 7.59. The van der Waals surface area contributed by atoms with Crippen LogP contribution < -0.4 is 5.73 Å². The zero-order chi connectivity index (χ0) is 15.6. The fraction of sp³-hybridized carbons (Fsp3) is 0.143. The van der Waals surface area contributed by atoms with Gasteiger partial charge >= 0.3 is 0 Å². The smallest absolute Gasteiger partial charge is 0.0923 e. The maximum absolute atomic E-state index is 7.00. The van der Waals surface area contributed by atoms with Gasteiger partial charge in [-0.2, -0.15) is 0 Å². The van der Waals surface area contributed by atoms with Crippen LogP contribution in [0.4, 0.5) is 0 Å². The Balaban J connectivity index is 0.00000144. The lowest BCUT2D eigenvalue weighted by molar-refractivity contribution is 0.651. The van der Waals surface area contributed by atoms with E-state index in [0.717, 1.165) is 16.7 Å². The average Bonchev–Trinajstić information content (AvgIpc) is 2.55. The summed E-state index contributed by atoms with van der Waals surface area (Å²) < 4.78 is 0. The van der Waals surface area contributed by atoms with Crippen LogP contribution in [0.15, 0.2) is 78.9 Å². The molecule has 1 nitrogen and oxygen atoms in total. The molecule has 0 amide bonds. The molecular formula is C21H23Cl2N. The highest BCUT2D eigenvalue weighted by Crippen LogP contribution is 2.34. The molecule has 0 unspecified atom stereocenters. The highest BCUT2D eigenvalue weighted by atomic mass is 35.5. The van der Waals surface area contributed by atoms with Crippen molar-refractivity contribution in [3.05, 3.63) is 107 Å². The van der Waals surface area contributed by atoms with Gasteiger partial charge in [-0.15, -0.1) is 24.8 Å². The van der Waals surface area contributed by atoms with Crippen molar-refractivity contribution in [2.24, 2.45) is 5.73 Å². The van der Waals surface area contributed by atoms with Crippen LogP contribution in [0, 0.1) is 13.8 Å². The first-order valence-corrected chi connectivity index (χ1v) is 7.59. The number of benzene rings is 3. The largest absolute Gasteiger partial charge is 0.314 e. The van der Waals surface area contributed by atoms with Gasteiger partial charge in [0.05, 0.1) is 5.54 Å². The van der Waals surface area contributed by atoms with Gasteiger partial charge in [0.1, 0.15) is 0 Å². The molecule has 24 heavy (non-hydrogen) atoms. The fourth-order valence-electron chi connectivity index (χ4n) is 2.98. The lowest BCUT2D eigenvalue weighted by Gasteiger charge is -2.32. The molecule has 0 saturated carbocycles. The molecule has 0 saturated heterocycles. The van der Waals surface area contributed by atoms with E-state index >= 15 is 0 Å². The molecule has 0 radical (unpaired) electrons. The summed E-state index contributed by atoms with van der Waals surface area (Å²) in [4.78, 5) is 0. The predicted octanol–water partition coefficient (Wildman–Crippen LogP) is 5.40.